The smallest absolute Gasteiger partial charge is 0.0928 e. The van der Waals surface area contributed by atoms with Gasteiger partial charge in [0.25, 0.3) is 0 Å². The van der Waals surface area contributed by atoms with Crippen LogP contribution in [0.1, 0.15) is 6.92 Å². The second-order valence-electron chi connectivity index (χ2n) is 2.50. The molecule has 0 amide bonds. The zero-order chi connectivity index (χ0) is 8.10. The summed E-state index contributed by atoms with van der Waals surface area (Å²) in [5.41, 5.74) is 0. The predicted octanol–water partition coefficient (Wildman–Crippen LogP) is 1.57. The van der Waals surface area contributed by atoms with Gasteiger partial charge in [0, 0.05) is 5.75 Å². The van der Waals surface area contributed by atoms with Crippen molar-refractivity contribution in [2.75, 3.05) is 12.4 Å². The molecule has 0 saturated heterocycles. The Morgan fingerprint density at radius 2 is 2.64 bits per heavy atom. The largest absolute Gasteiger partial charge is 0.340 e. The molecule has 0 saturated carbocycles. The van der Waals surface area contributed by atoms with E-state index >= 15 is 0 Å². The molecule has 1 rings (SSSR count). The standard InChI is InChI=1S/C7H11N2OS/c1-6(3-10)4-11-7-2-8-5-9-7/h2,5-6H,3-4H2,1H3,(H,8,9). The number of aromatic nitrogens is 2. The molecule has 0 aliphatic rings. The van der Waals surface area contributed by atoms with E-state index < -0.39 is 0 Å². The molecule has 3 nitrogen and oxygen atoms in total. The van der Waals surface area contributed by atoms with Crippen molar-refractivity contribution in [2.45, 2.75) is 11.9 Å². The molecule has 1 N–H and O–H groups in total. The van der Waals surface area contributed by atoms with Gasteiger partial charge in [-0.3, -0.25) is 0 Å². The maximum Gasteiger partial charge on any atom is 0.0928 e. The van der Waals surface area contributed by atoms with Crippen molar-refractivity contribution < 1.29 is 5.11 Å². The van der Waals surface area contributed by atoms with E-state index in [0.717, 1.165) is 10.8 Å². The van der Waals surface area contributed by atoms with Gasteiger partial charge in [-0.1, -0.05) is 6.92 Å². The highest BCUT2D eigenvalue weighted by molar-refractivity contribution is 7.99. The van der Waals surface area contributed by atoms with Gasteiger partial charge >= 0.3 is 0 Å². The van der Waals surface area contributed by atoms with Crippen molar-refractivity contribution in [3.8, 4) is 0 Å². The number of hydrogen-bond acceptors (Lipinski definition) is 2. The van der Waals surface area contributed by atoms with Crippen LogP contribution in [0.3, 0.4) is 0 Å². The fourth-order valence-corrected chi connectivity index (χ4v) is 1.43. The summed E-state index contributed by atoms with van der Waals surface area (Å²) in [6.45, 7) is 1.96. The summed E-state index contributed by atoms with van der Waals surface area (Å²) in [5, 5.41) is 11.4. The van der Waals surface area contributed by atoms with E-state index in [-0.39, 0.29) is 12.5 Å². The molecule has 0 aliphatic carbocycles. The topological polar surface area (TPSA) is 48.6 Å². The van der Waals surface area contributed by atoms with Crippen molar-refractivity contribution in [3.05, 3.63) is 12.5 Å². The van der Waals surface area contributed by atoms with Gasteiger partial charge in [0.1, 0.15) is 0 Å². The number of nitrogens with one attached hydrogen (secondary N) is 1. The molecule has 1 heterocycles. The van der Waals surface area contributed by atoms with E-state index in [0.29, 0.717) is 0 Å². The fourth-order valence-electron chi connectivity index (χ4n) is 0.602. The SMILES string of the molecule is CC(C[O])CSc1cnc[nH]1. The second kappa shape index (κ2) is 4.41. The van der Waals surface area contributed by atoms with E-state index in [4.69, 9.17) is 0 Å². The Morgan fingerprint density at radius 1 is 1.82 bits per heavy atom. The molecule has 1 aromatic heterocycles. The van der Waals surface area contributed by atoms with Crippen LogP contribution in [-0.2, 0) is 5.11 Å². The molecule has 61 valence electrons. The molecule has 1 unspecified atom stereocenters. The van der Waals surface area contributed by atoms with Crippen molar-refractivity contribution in [1.29, 1.82) is 0 Å². The summed E-state index contributed by atoms with van der Waals surface area (Å²) >= 11 is 1.64. The minimum atomic E-state index is 0.00113. The van der Waals surface area contributed by atoms with Crippen LogP contribution in [0.25, 0.3) is 0 Å². The maximum atomic E-state index is 10.4. The van der Waals surface area contributed by atoms with E-state index in [2.05, 4.69) is 9.97 Å². The quantitative estimate of drug-likeness (QED) is 0.699. The Morgan fingerprint density at radius 3 is 3.18 bits per heavy atom. The van der Waals surface area contributed by atoms with Crippen LogP contribution >= 0.6 is 11.8 Å². The highest BCUT2D eigenvalue weighted by Crippen LogP contribution is 2.16. The molecule has 11 heavy (non-hydrogen) atoms. The van der Waals surface area contributed by atoms with Gasteiger partial charge in [-0.05, 0) is 5.92 Å². The number of rotatable bonds is 4. The molecular formula is C7H11N2OS. The highest BCUT2D eigenvalue weighted by Gasteiger charge is 2.01. The maximum absolute atomic E-state index is 10.4. The lowest BCUT2D eigenvalue weighted by Gasteiger charge is -2.02. The molecule has 1 aromatic rings. The first-order valence-electron chi connectivity index (χ1n) is 3.52. The first kappa shape index (κ1) is 8.62. The summed E-state index contributed by atoms with van der Waals surface area (Å²) in [6, 6.07) is 0. The van der Waals surface area contributed by atoms with Gasteiger partial charge in [-0.25, -0.2) is 10.1 Å². The summed E-state index contributed by atoms with van der Waals surface area (Å²) in [7, 11) is 0. The number of aromatic amines is 1. The summed E-state index contributed by atoms with van der Waals surface area (Å²) in [5.74, 6) is 1.11. The third-order valence-electron chi connectivity index (χ3n) is 1.28. The van der Waals surface area contributed by atoms with E-state index in [1.165, 1.54) is 0 Å². The predicted molar refractivity (Wildman–Crippen MR) is 44.0 cm³/mol. The lowest BCUT2D eigenvalue weighted by molar-refractivity contribution is 0.160. The lowest BCUT2D eigenvalue weighted by atomic mass is 10.2. The normalized spacial score (nSPS) is 13.3. The van der Waals surface area contributed by atoms with Gasteiger partial charge in [-0.15, -0.1) is 11.8 Å². The Hall–Kier alpha value is -0.480. The van der Waals surface area contributed by atoms with Crippen LogP contribution in [0, 0.1) is 5.92 Å². The zero-order valence-corrected chi connectivity index (χ0v) is 7.23. The van der Waals surface area contributed by atoms with Gasteiger partial charge in [0.15, 0.2) is 0 Å². The van der Waals surface area contributed by atoms with E-state index in [1.807, 2.05) is 6.92 Å². The van der Waals surface area contributed by atoms with Gasteiger partial charge in [-0.2, -0.15) is 0 Å². The van der Waals surface area contributed by atoms with E-state index in [1.54, 1.807) is 24.3 Å². The van der Waals surface area contributed by atoms with Crippen LogP contribution in [0.4, 0.5) is 0 Å². The minimum absolute atomic E-state index is 0.00113. The van der Waals surface area contributed by atoms with Crippen LogP contribution in [0.15, 0.2) is 17.6 Å². The van der Waals surface area contributed by atoms with Gasteiger partial charge < -0.3 is 4.98 Å². The third kappa shape index (κ3) is 2.95. The van der Waals surface area contributed by atoms with Gasteiger partial charge in [0.05, 0.1) is 24.2 Å². The molecule has 0 spiro atoms. The van der Waals surface area contributed by atoms with Gasteiger partial charge in [0.2, 0.25) is 0 Å². The molecule has 4 heteroatoms. The summed E-state index contributed by atoms with van der Waals surface area (Å²) in [6.07, 6.45) is 3.41. The summed E-state index contributed by atoms with van der Waals surface area (Å²) in [4.78, 5) is 6.84. The van der Waals surface area contributed by atoms with Crippen molar-refractivity contribution in [1.82, 2.24) is 9.97 Å². The highest BCUT2D eigenvalue weighted by atomic mass is 32.2. The van der Waals surface area contributed by atoms with Crippen LogP contribution in [0.2, 0.25) is 0 Å². The first-order chi connectivity index (χ1) is 5.33. The van der Waals surface area contributed by atoms with E-state index in [9.17, 15) is 5.11 Å². The zero-order valence-electron chi connectivity index (χ0n) is 6.41. The number of thioether (sulfide) groups is 1. The minimum Gasteiger partial charge on any atom is -0.340 e. The Balaban J connectivity index is 2.23. The van der Waals surface area contributed by atoms with Crippen molar-refractivity contribution in [3.63, 3.8) is 0 Å². The first-order valence-corrected chi connectivity index (χ1v) is 4.50. The third-order valence-corrected chi connectivity index (χ3v) is 2.55. The van der Waals surface area contributed by atoms with Crippen molar-refractivity contribution in [2.24, 2.45) is 5.92 Å². The molecule has 1 radical (unpaired) electrons. The molecule has 0 fully saturated rings. The Bertz CT molecular complexity index is 188. The van der Waals surface area contributed by atoms with Crippen LogP contribution in [0.5, 0.6) is 0 Å². The second-order valence-corrected chi connectivity index (χ2v) is 3.56. The molecule has 0 aliphatic heterocycles. The average Bonchev–Trinajstić information content (AvgIpc) is 2.52. The Labute approximate surface area is 70.2 Å². The van der Waals surface area contributed by atoms with Crippen molar-refractivity contribution >= 4 is 11.8 Å². The Kier molecular flexibility index (Phi) is 3.45. The molecule has 0 aromatic carbocycles. The lowest BCUT2D eigenvalue weighted by Crippen LogP contribution is -2.01. The molecule has 0 bridgehead atoms. The number of hydrogen-bond donors (Lipinski definition) is 1. The van der Waals surface area contributed by atoms with Crippen LogP contribution < -0.4 is 0 Å². The molecule has 1 atom stereocenters. The monoisotopic (exact) mass is 171 g/mol. The summed E-state index contributed by atoms with van der Waals surface area (Å²) < 4.78 is 0. The number of nitrogens with zero attached hydrogens (tertiary/aromatic N) is 1. The van der Waals surface area contributed by atoms with Crippen LogP contribution in [-0.4, -0.2) is 22.3 Å². The molecular weight excluding hydrogens is 160 g/mol. The number of H-pyrrole nitrogens is 1. The fraction of sp³-hybridized carbons (Fsp3) is 0.571. The number of imidazole rings is 1. The average molecular weight is 171 g/mol.